The Morgan fingerprint density at radius 2 is 2.00 bits per heavy atom. The van der Waals surface area contributed by atoms with Gasteiger partial charge in [-0.1, -0.05) is 6.07 Å². The van der Waals surface area contributed by atoms with Crippen molar-refractivity contribution in [1.82, 2.24) is 15.1 Å². The van der Waals surface area contributed by atoms with Gasteiger partial charge in [0, 0.05) is 31.9 Å². The molecule has 0 spiro atoms. The van der Waals surface area contributed by atoms with Gasteiger partial charge >= 0.3 is 0 Å². The first-order chi connectivity index (χ1) is 12.9. The number of carbonyl (C=O) groups excluding carboxylic acids is 1. The van der Waals surface area contributed by atoms with Crippen LogP contribution < -0.4 is 15.6 Å². The summed E-state index contributed by atoms with van der Waals surface area (Å²) in [5, 5.41) is 7.03. The maximum Gasteiger partial charge on any atom is 0.271 e. The summed E-state index contributed by atoms with van der Waals surface area (Å²) in [7, 11) is 0. The van der Waals surface area contributed by atoms with Gasteiger partial charge in [0.05, 0.1) is 5.69 Å². The van der Waals surface area contributed by atoms with Crippen LogP contribution in [0.4, 0.5) is 0 Å². The summed E-state index contributed by atoms with van der Waals surface area (Å²) >= 11 is 0. The Labute approximate surface area is 159 Å². The highest BCUT2D eigenvalue weighted by Crippen LogP contribution is 2.13. The molecule has 146 valence electrons. The molecule has 0 aliphatic carbocycles. The third-order valence-corrected chi connectivity index (χ3v) is 4.15. The monoisotopic (exact) mass is 373 g/mol. The molecule has 2 aromatic rings. The van der Waals surface area contributed by atoms with Crippen molar-refractivity contribution < 1.29 is 14.3 Å². The fraction of sp³-hybridized carbons (Fsp3) is 0.450. The molecule has 7 nitrogen and oxygen atoms in total. The minimum Gasteiger partial charge on any atom is -0.464 e. The van der Waals surface area contributed by atoms with Crippen LogP contribution in [0.1, 0.15) is 31.4 Å². The molecule has 0 bridgehead atoms. The maximum absolute atomic E-state index is 12.2. The first kappa shape index (κ1) is 20.6. The number of benzene rings is 1. The number of aryl methyl sites for hydroxylation is 2. The van der Waals surface area contributed by atoms with E-state index in [1.54, 1.807) is 6.92 Å². The number of hydrogen-bond donors (Lipinski definition) is 1. The topological polar surface area (TPSA) is 82.5 Å². The Bertz CT molecular complexity index is 832. The van der Waals surface area contributed by atoms with Crippen LogP contribution in [0.15, 0.2) is 35.1 Å². The van der Waals surface area contributed by atoms with Gasteiger partial charge in [-0.15, -0.1) is 5.10 Å². The first-order valence-electron chi connectivity index (χ1n) is 9.12. The number of ether oxygens (including phenoxy) is 2. The summed E-state index contributed by atoms with van der Waals surface area (Å²) in [5.74, 6) is -0.0259. The van der Waals surface area contributed by atoms with Gasteiger partial charge in [-0.05, 0) is 57.4 Å². The largest absolute Gasteiger partial charge is 0.464 e. The van der Waals surface area contributed by atoms with Crippen LogP contribution in [0, 0.1) is 13.8 Å². The molecule has 1 aromatic heterocycles. The zero-order chi connectivity index (χ0) is 19.8. The zero-order valence-corrected chi connectivity index (χ0v) is 16.3. The second-order valence-corrected chi connectivity index (χ2v) is 6.29. The van der Waals surface area contributed by atoms with Crippen LogP contribution in [0.25, 0.3) is 5.69 Å². The summed E-state index contributed by atoms with van der Waals surface area (Å²) in [5.41, 5.74) is 2.58. The number of nitrogens with zero attached hydrogens (tertiary/aromatic N) is 2. The normalized spacial score (nSPS) is 11.9. The first-order valence-corrected chi connectivity index (χ1v) is 9.12. The predicted octanol–water partition coefficient (Wildman–Crippen LogP) is 2.16. The molecule has 27 heavy (non-hydrogen) atoms. The van der Waals surface area contributed by atoms with E-state index in [-0.39, 0.29) is 17.3 Å². The Kier molecular flexibility index (Phi) is 7.55. The Morgan fingerprint density at radius 1 is 1.22 bits per heavy atom. The van der Waals surface area contributed by atoms with Gasteiger partial charge in [0.1, 0.15) is 0 Å². The minimum absolute atomic E-state index is 0.213. The van der Waals surface area contributed by atoms with Gasteiger partial charge in [0.15, 0.2) is 6.10 Å². The van der Waals surface area contributed by atoms with E-state index in [2.05, 4.69) is 10.4 Å². The molecule has 0 unspecified atom stereocenters. The Balaban J connectivity index is 2.03. The van der Waals surface area contributed by atoms with Crippen molar-refractivity contribution in [3.05, 3.63) is 51.8 Å². The number of carbonyl (C=O) groups is 1. The van der Waals surface area contributed by atoms with Gasteiger partial charge in [-0.2, -0.15) is 4.68 Å². The predicted molar refractivity (Wildman–Crippen MR) is 104 cm³/mol. The summed E-state index contributed by atoms with van der Waals surface area (Å²) < 4.78 is 12.1. The summed E-state index contributed by atoms with van der Waals surface area (Å²) in [6, 6.07) is 8.50. The average Bonchev–Trinajstić information content (AvgIpc) is 2.65. The van der Waals surface area contributed by atoms with Crippen LogP contribution in [0.5, 0.6) is 5.88 Å². The highest BCUT2D eigenvalue weighted by atomic mass is 16.5. The van der Waals surface area contributed by atoms with Crippen molar-refractivity contribution in [2.75, 3.05) is 19.8 Å². The molecule has 2 rings (SSSR count). The molecule has 0 aliphatic heterocycles. The van der Waals surface area contributed by atoms with Crippen LogP contribution >= 0.6 is 0 Å². The van der Waals surface area contributed by atoms with Gasteiger partial charge in [-0.25, -0.2) is 0 Å². The molecule has 0 saturated carbocycles. The van der Waals surface area contributed by atoms with Crippen LogP contribution in [-0.2, 0) is 9.53 Å². The summed E-state index contributed by atoms with van der Waals surface area (Å²) in [4.78, 5) is 24.3. The summed E-state index contributed by atoms with van der Waals surface area (Å²) in [6.45, 7) is 9.33. The molecule has 1 heterocycles. The molecule has 1 atom stereocenters. The van der Waals surface area contributed by atoms with E-state index in [4.69, 9.17) is 9.47 Å². The smallest absolute Gasteiger partial charge is 0.271 e. The van der Waals surface area contributed by atoms with E-state index in [0.29, 0.717) is 25.4 Å². The van der Waals surface area contributed by atoms with Crippen LogP contribution in [0.3, 0.4) is 0 Å². The molecule has 1 aromatic carbocycles. The zero-order valence-electron chi connectivity index (χ0n) is 16.3. The molecular formula is C20H27N3O4. The lowest BCUT2D eigenvalue weighted by atomic mass is 10.1. The lowest BCUT2D eigenvalue weighted by Gasteiger charge is -2.15. The maximum atomic E-state index is 12.2. The van der Waals surface area contributed by atoms with Crippen molar-refractivity contribution in [2.24, 2.45) is 0 Å². The van der Waals surface area contributed by atoms with Crippen molar-refractivity contribution >= 4 is 5.91 Å². The standard InChI is InChI=1S/C20H27N3O4/c1-5-26-12-6-11-21-20(25)16(4)27-18-9-10-19(24)23(22-18)17-8-7-14(2)15(3)13-17/h7-10,13,16H,5-6,11-12H2,1-4H3,(H,21,25)/t16-/m0/s1. The second-order valence-electron chi connectivity index (χ2n) is 6.29. The quantitative estimate of drug-likeness (QED) is 0.681. The average molecular weight is 373 g/mol. The lowest BCUT2D eigenvalue weighted by Crippen LogP contribution is -2.37. The third kappa shape index (κ3) is 5.92. The van der Waals surface area contributed by atoms with Crippen molar-refractivity contribution in [1.29, 1.82) is 0 Å². The highest BCUT2D eigenvalue weighted by Gasteiger charge is 2.15. The second kappa shape index (κ2) is 9.87. The van der Waals surface area contributed by atoms with Crippen molar-refractivity contribution in [2.45, 2.75) is 40.2 Å². The van der Waals surface area contributed by atoms with E-state index in [9.17, 15) is 9.59 Å². The van der Waals surface area contributed by atoms with E-state index in [1.807, 2.05) is 39.0 Å². The third-order valence-electron chi connectivity index (χ3n) is 4.15. The van der Waals surface area contributed by atoms with E-state index < -0.39 is 6.10 Å². The van der Waals surface area contributed by atoms with Gasteiger partial charge in [0.25, 0.3) is 11.5 Å². The number of nitrogens with one attached hydrogen (secondary N) is 1. The van der Waals surface area contributed by atoms with Gasteiger partial charge < -0.3 is 14.8 Å². The van der Waals surface area contributed by atoms with E-state index in [0.717, 1.165) is 17.5 Å². The minimum atomic E-state index is -0.727. The van der Waals surface area contributed by atoms with Crippen LogP contribution in [-0.4, -0.2) is 41.6 Å². The molecule has 0 aliphatic rings. The van der Waals surface area contributed by atoms with Crippen molar-refractivity contribution in [3.8, 4) is 11.6 Å². The highest BCUT2D eigenvalue weighted by molar-refractivity contribution is 5.80. The van der Waals surface area contributed by atoms with Crippen molar-refractivity contribution in [3.63, 3.8) is 0 Å². The fourth-order valence-corrected chi connectivity index (χ4v) is 2.41. The Morgan fingerprint density at radius 3 is 2.70 bits per heavy atom. The summed E-state index contributed by atoms with van der Waals surface area (Å²) in [6.07, 6.45) is 0.0117. The SMILES string of the molecule is CCOCCCNC(=O)[C@H](C)Oc1ccc(=O)n(-c2ccc(C)c(C)c2)n1. The van der Waals surface area contributed by atoms with E-state index >= 15 is 0 Å². The van der Waals surface area contributed by atoms with Gasteiger partial charge in [-0.3, -0.25) is 9.59 Å². The number of rotatable bonds is 9. The molecule has 0 fully saturated rings. The van der Waals surface area contributed by atoms with E-state index in [1.165, 1.54) is 16.8 Å². The lowest BCUT2D eigenvalue weighted by molar-refractivity contribution is -0.127. The molecule has 0 radical (unpaired) electrons. The molecular weight excluding hydrogens is 346 g/mol. The molecule has 1 amide bonds. The Hall–Kier alpha value is -2.67. The number of amides is 1. The van der Waals surface area contributed by atoms with Gasteiger partial charge in [0.2, 0.25) is 5.88 Å². The molecule has 0 saturated heterocycles. The fourth-order valence-electron chi connectivity index (χ4n) is 2.41. The molecule has 1 N–H and O–H groups in total. The number of hydrogen-bond acceptors (Lipinski definition) is 5. The molecule has 7 heteroatoms. The number of aromatic nitrogens is 2. The van der Waals surface area contributed by atoms with Crippen LogP contribution in [0.2, 0.25) is 0 Å².